The predicted octanol–water partition coefficient (Wildman–Crippen LogP) is 3.63. The van der Waals surface area contributed by atoms with E-state index in [4.69, 9.17) is 4.74 Å². The maximum atomic E-state index is 6.04. The van der Waals surface area contributed by atoms with Crippen LogP contribution in [0.4, 0.5) is 0 Å². The number of thiazole rings is 1. The highest BCUT2D eigenvalue weighted by molar-refractivity contribution is 7.11. The largest absolute Gasteiger partial charge is 0.488 e. The van der Waals surface area contributed by atoms with Crippen molar-refractivity contribution in [3.63, 3.8) is 0 Å². The Morgan fingerprint density at radius 2 is 2.35 bits per heavy atom. The molecule has 3 nitrogen and oxygen atoms in total. The molecule has 0 aliphatic heterocycles. The molecule has 1 unspecified atom stereocenters. The normalized spacial score (nSPS) is 17.8. The molecule has 0 radical (unpaired) electrons. The fourth-order valence-corrected chi connectivity index (χ4v) is 3.58. The van der Waals surface area contributed by atoms with Gasteiger partial charge in [-0.3, -0.25) is 0 Å². The van der Waals surface area contributed by atoms with Crippen LogP contribution in [0.3, 0.4) is 0 Å². The Balaban J connectivity index is 1.80. The van der Waals surface area contributed by atoms with E-state index in [0.717, 1.165) is 17.2 Å². The summed E-state index contributed by atoms with van der Waals surface area (Å²) in [6, 6.07) is 6.87. The van der Waals surface area contributed by atoms with Gasteiger partial charge in [-0.1, -0.05) is 12.1 Å². The molecular formula is C16H20N2OS. The van der Waals surface area contributed by atoms with E-state index in [1.807, 2.05) is 20.2 Å². The Labute approximate surface area is 124 Å². The first kappa shape index (κ1) is 13.6. The van der Waals surface area contributed by atoms with Crippen molar-refractivity contribution in [2.75, 3.05) is 7.05 Å². The van der Waals surface area contributed by atoms with E-state index >= 15 is 0 Å². The molecule has 1 heterocycles. The summed E-state index contributed by atoms with van der Waals surface area (Å²) in [6.45, 7) is 2.64. The minimum absolute atomic E-state index is 0.466. The summed E-state index contributed by atoms with van der Waals surface area (Å²) >= 11 is 1.70. The zero-order chi connectivity index (χ0) is 13.9. The van der Waals surface area contributed by atoms with E-state index < -0.39 is 0 Å². The molecule has 0 spiro atoms. The summed E-state index contributed by atoms with van der Waals surface area (Å²) in [4.78, 5) is 5.45. The summed E-state index contributed by atoms with van der Waals surface area (Å²) in [5.74, 6) is 1.04. The third kappa shape index (κ3) is 2.72. The highest BCUT2D eigenvalue weighted by atomic mass is 32.1. The maximum Gasteiger partial charge on any atom is 0.124 e. The molecule has 1 aromatic carbocycles. The molecule has 2 aromatic rings. The van der Waals surface area contributed by atoms with Gasteiger partial charge in [0.1, 0.15) is 12.4 Å². The van der Waals surface area contributed by atoms with Crippen molar-refractivity contribution in [1.82, 2.24) is 10.3 Å². The number of nitrogens with one attached hydrogen (secondary N) is 1. The number of aryl methyl sites for hydroxylation is 1. The Morgan fingerprint density at radius 1 is 1.45 bits per heavy atom. The Kier molecular flexibility index (Phi) is 4.03. The van der Waals surface area contributed by atoms with E-state index in [1.54, 1.807) is 11.3 Å². The standard InChI is InChI=1S/C16H20N2OS/c1-11-18-9-12(20-11)10-19-16-8-4-5-13-14(16)6-3-7-15(13)17-2/h4-5,8-9,15,17H,3,6-7,10H2,1-2H3. The fourth-order valence-electron chi connectivity index (χ4n) is 2.87. The SMILES string of the molecule is CNC1CCCc2c(OCc3cnc(C)s3)cccc21. The molecule has 1 atom stereocenters. The lowest BCUT2D eigenvalue weighted by atomic mass is 9.87. The molecule has 1 aromatic heterocycles. The van der Waals surface area contributed by atoms with Gasteiger partial charge in [-0.2, -0.15) is 0 Å². The number of fused-ring (bicyclic) bond motifs is 1. The van der Waals surface area contributed by atoms with Crippen molar-refractivity contribution >= 4 is 11.3 Å². The van der Waals surface area contributed by atoms with Crippen LogP contribution in [0.1, 0.15) is 39.9 Å². The molecular weight excluding hydrogens is 268 g/mol. The molecule has 0 bridgehead atoms. The Morgan fingerprint density at radius 3 is 3.10 bits per heavy atom. The molecule has 20 heavy (non-hydrogen) atoms. The number of nitrogens with zero attached hydrogens (tertiary/aromatic N) is 1. The van der Waals surface area contributed by atoms with E-state index in [9.17, 15) is 0 Å². The number of hydrogen-bond acceptors (Lipinski definition) is 4. The monoisotopic (exact) mass is 288 g/mol. The molecule has 0 saturated carbocycles. The molecule has 1 aliphatic rings. The summed E-state index contributed by atoms with van der Waals surface area (Å²) in [5, 5.41) is 4.49. The number of benzene rings is 1. The van der Waals surface area contributed by atoms with Crippen molar-refractivity contribution < 1.29 is 4.74 Å². The highest BCUT2D eigenvalue weighted by Crippen LogP contribution is 2.35. The van der Waals surface area contributed by atoms with E-state index in [2.05, 4.69) is 28.5 Å². The number of ether oxygens (including phenoxy) is 1. The number of hydrogen-bond donors (Lipinski definition) is 1. The lowest BCUT2D eigenvalue weighted by Crippen LogP contribution is -2.21. The molecule has 1 aliphatic carbocycles. The van der Waals surface area contributed by atoms with E-state index in [-0.39, 0.29) is 0 Å². The van der Waals surface area contributed by atoms with Gasteiger partial charge in [-0.25, -0.2) is 4.98 Å². The van der Waals surface area contributed by atoms with Gasteiger partial charge in [0.25, 0.3) is 0 Å². The first-order valence-electron chi connectivity index (χ1n) is 7.11. The van der Waals surface area contributed by atoms with Gasteiger partial charge in [0.2, 0.25) is 0 Å². The van der Waals surface area contributed by atoms with Gasteiger partial charge in [0.05, 0.1) is 9.88 Å². The summed E-state index contributed by atoms with van der Waals surface area (Å²) in [5.41, 5.74) is 2.77. The van der Waals surface area contributed by atoms with Crippen LogP contribution in [0.15, 0.2) is 24.4 Å². The van der Waals surface area contributed by atoms with Crippen molar-refractivity contribution in [3.05, 3.63) is 45.4 Å². The first-order valence-corrected chi connectivity index (χ1v) is 7.92. The maximum absolute atomic E-state index is 6.04. The van der Waals surface area contributed by atoms with Crippen molar-refractivity contribution in [1.29, 1.82) is 0 Å². The number of rotatable bonds is 4. The van der Waals surface area contributed by atoms with E-state index in [1.165, 1.54) is 28.8 Å². The van der Waals surface area contributed by atoms with Crippen molar-refractivity contribution in [2.45, 2.75) is 38.8 Å². The molecule has 0 fully saturated rings. The fraction of sp³-hybridized carbons (Fsp3) is 0.438. The second kappa shape index (κ2) is 5.94. The third-order valence-electron chi connectivity index (χ3n) is 3.85. The average molecular weight is 288 g/mol. The highest BCUT2D eigenvalue weighted by Gasteiger charge is 2.21. The summed E-state index contributed by atoms with van der Waals surface area (Å²) < 4.78 is 6.04. The van der Waals surface area contributed by atoms with Crippen molar-refractivity contribution in [3.8, 4) is 5.75 Å². The molecule has 3 rings (SSSR count). The quantitative estimate of drug-likeness (QED) is 0.933. The van der Waals surface area contributed by atoms with Gasteiger partial charge in [0.15, 0.2) is 0 Å². The topological polar surface area (TPSA) is 34.1 Å². The number of aromatic nitrogens is 1. The van der Waals surface area contributed by atoms with Gasteiger partial charge >= 0.3 is 0 Å². The lowest BCUT2D eigenvalue weighted by molar-refractivity contribution is 0.303. The van der Waals surface area contributed by atoms with Crippen LogP contribution in [0.25, 0.3) is 0 Å². The molecule has 4 heteroatoms. The van der Waals surface area contributed by atoms with Crippen LogP contribution in [0.5, 0.6) is 5.75 Å². The second-order valence-corrected chi connectivity index (χ2v) is 6.51. The zero-order valence-corrected chi connectivity index (χ0v) is 12.8. The zero-order valence-electron chi connectivity index (χ0n) is 12.0. The third-order valence-corrected chi connectivity index (χ3v) is 4.74. The van der Waals surface area contributed by atoms with Crippen LogP contribution in [0, 0.1) is 6.92 Å². The molecule has 106 valence electrons. The predicted molar refractivity (Wildman–Crippen MR) is 82.4 cm³/mol. The van der Waals surface area contributed by atoms with Crippen LogP contribution >= 0.6 is 11.3 Å². The Bertz CT molecular complexity index is 594. The van der Waals surface area contributed by atoms with Crippen LogP contribution in [0.2, 0.25) is 0 Å². The average Bonchev–Trinajstić information content (AvgIpc) is 2.90. The first-order chi connectivity index (χ1) is 9.78. The minimum atomic E-state index is 0.466. The van der Waals surface area contributed by atoms with Crippen LogP contribution < -0.4 is 10.1 Å². The molecule has 0 saturated heterocycles. The van der Waals surface area contributed by atoms with Gasteiger partial charge in [-0.15, -0.1) is 11.3 Å². The Hall–Kier alpha value is -1.39. The summed E-state index contributed by atoms with van der Waals surface area (Å²) in [6.07, 6.45) is 5.46. The van der Waals surface area contributed by atoms with Crippen molar-refractivity contribution in [2.24, 2.45) is 0 Å². The smallest absolute Gasteiger partial charge is 0.124 e. The molecule has 1 N–H and O–H groups in total. The van der Waals surface area contributed by atoms with Crippen LogP contribution in [-0.2, 0) is 13.0 Å². The summed E-state index contributed by atoms with van der Waals surface area (Å²) in [7, 11) is 2.04. The van der Waals surface area contributed by atoms with Crippen LogP contribution in [-0.4, -0.2) is 12.0 Å². The van der Waals surface area contributed by atoms with Gasteiger partial charge in [-0.05, 0) is 50.4 Å². The molecule has 0 amide bonds. The minimum Gasteiger partial charge on any atom is -0.488 e. The second-order valence-electron chi connectivity index (χ2n) is 5.19. The lowest BCUT2D eigenvalue weighted by Gasteiger charge is -2.26. The van der Waals surface area contributed by atoms with E-state index in [0.29, 0.717) is 12.6 Å². The van der Waals surface area contributed by atoms with Gasteiger partial charge < -0.3 is 10.1 Å². The van der Waals surface area contributed by atoms with Gasteiger partial charge in [0, 0.05) is 12.2 Å².